The Morgan fingerprint density at radius 2 is 2.09 bits per heavy atom. The van der Waals surface area contributed by atoms with Crippen molar-refractivity contribution >= 4 is 17.2 Å². The third-order valence-electron chi connectivity index (χ3n) is 3.40. The summed E-state index contributed by atoms with van der Waals surface area (Å²) < 4.78 is 0. The van der Waals surface area contributed by atoms with Crippen LogP contribution < -0.4 is 5.32 Å². The Kier molecular flexibility index (Phi) is 4.47. The Labute approximate surface area is 138 Å². The molecule has 0 fully saturated rings. The van der Waals surface area contributed by atoms with Crippen LogP contribution in [0.25, 0.3) is 11.4 Å². The number of nitrogens with zero attached hydrogens (tertiary/aromatic N) is 4. The Bertz CT molecular complexity index is 779. The predicted octanol–water partition coefficient (Wildman–Crippen LogP) is 2.59. The van der Waals surface area contributed by atoms with Gasteiger partial charge in [0.1, 0.15) is 6.54 Å². The number of aryl methyl sites for hydroxylation is 1. The van der Waals surface area contributed by atoms with Crippen LogP contribution in [0.4, 0.5) is 0 Å². The van der Waals surface area contributed by atoms with Gasteiger partial charge in [0.2, 0.25) is 11.7 Å². The Morgan fingerprint density at radius 1 is 1.30 bits per heavy atom. The SMILES string of the molecule is Cc1ccc(-c2nnn(CC(=O)NC(C)c3cccs3)n2)cc1. The molecule has 2 aromatic heterocycles. The summed E-state index contributed by atoms with van der Waals surface area (Å²) >= 11 is 1.62. The van der Waals surface area contributed by atoms with E-state index in [0.717, 1.165) is 10.4 Å². The molecule has 0 aliphatic rings. The molecule has 0 aliphatic carbocycles. The molecule has 1 N–H and O–H groups in total. The fourth-order valence-corrected chi connectivity index (χ4v) is 2.89. The fraction of sp³-hybridized carbons (Fsp3) is 0.250. The van der Waals surface area contributed by atoms with Crippen LogP contribution in [-0.4, -0.2) is 26.1 Å². The average molecular weight is 327 g/mol. The van der Waals surface area contributed by atoms with Crippen molar-refractivity contribution in [2.24, 2.45) is 0 Å². The van der Waals surface area contributed by atoms with Gasteiger partial charge in [0, 0.05) is 10.4 Å². The Balaban J connectivity index is 1.62. The molecule has 0 radical (unpaired) electrons. The van der Waals surface area contributed by atoms with E-state index in [9.17, 15) is 4.79 Å². The van der Waals surface area contributed by atoms with Gasteiger partial charge in [0.15, 0.2) is 0 Å². The summed E-state index contributed by atoms with van der Waals surface area (Å²) in [6, 6.07) is 11.8. The van der Waals surface area contributed by atoms with Gasteiger partial charge in [-0.25, -0.2) is 0 Å². The zero-order valence-corrected chi connectivity index (χ0v) is 13.7. The first kappa shape index (κ1) is 15.4. The molecule has 6 nitrogen and oxygen atoms in total. The van der Waals surface area contributed by atoms with Crippen LogP contribution in [0.2, 0.25) is 0 Å². The molecule has 0 spiro atoms. The van der Waals surface area contributed by atoms with Gasteiger partial charge in [-0.15, -0.1) is 21.5 Å². The van der Waals surface area contributed by atoms with Crippen LogP contribution in [0.1, 0.15) is 23.4 Å². The molecule has 3 aromatic rings. The third-order valence-corrected chi connectivity index (χ3v) is 4.45. The standard InChI is InChI=1S/C16H17N5OS/c1-11-5-7-13(8-6-11)16-18-20-21(19-16)10-15(22)17-12(2)14-4-3-9-23-14/h3-9,12H,10H2,1-2H3,(H,17,22). The highest BCUT2D eigenvalue weighted by molar-refractivity contribution is 7.10. The van der Waals surface area contributed by atoms with E-state index in [4.69, 9.17) is 0 Å². The average Bonchev–Trinajstić information content (AvgIpc) is 3.19. The summed E-state index contributed by atoms with van der Waals surface area (Å²) in [6.45, 7) is 4.03. The van der Waals surface area contributed by atoms with Gasteiger partial charge in [-0.05, 0) is 30.5 Å². The first-order valence-corrected chi connectivity index (χ1v) is 8.17. The quantitative estimate of drug-likeness (QED) is 0.782. The summed E-state index contributed by atoms with van der Waals surface area (Å²) in [5.74, 6) is 0.378. The Hall–Kier alpha value is -2.54. The molecule has 1 aromatic carbocycles. The molecule has 0 bridgehead atoms. The number of thiophene rings is 1. The number of nitrogens with one attached hydrogen (secondary N) is 1. The number of aromatic nitrogens is 4. The molecular formula is C16H17N5OS. The third kappa shape index (κ3) is 3.81. The maximum absolute atomic E-state index is 12.1. The topological polar surface area (TPSA) is 72.7 Å². The molecule has 1 amide bonds. The van der Waals surface area contributed by atoms with Crippen molar-refractivity contribution in [3.63, 3.8) is 0 Å². The second kappa shape index (κ2) is 6.70. The van der Waals surface area contributed by atoms with Crippen LogP contribution in [0.15, 0.2) is 41.8 Å². The lowest BCUT2D eigenvalue weighted by molar-refractivity contribution is -0.122. The maximum atomic E-state index is 12.1. The van der Waals surface area contributed by atoms with Crippen molar-refractivity contribution in [3.8, 4) is 11.4 Å². The van der Waals surface area contributed by atoms with E-state index in [1.54, 1.807) is 11.3 Å². The molecule has 0 saturated heterocycles. The number of tetrazole rings is 1. The zero-order valence-electron chi connectivity index (χ0n) is 12.9. The minimum atomic E-state index is -0.140. The number of amides is 1. The van der Waals surface area contributed by atoms with Crippen LogP contribution in [-0.2, 0) is 11.3 Å². The van der Waals surface area contributed by atoms with Crippen LogP contribution in [0, 0.1) is 6.92 Å². The largest absolute Gasteiger partial charge is 0.347 e. The summed E-state index contributed by atoms with van der Waals surface area (Å²) in [6.07, 6.45) is 0. The minimum absolute atomic E-state index is 0.0254. The van der Waals surface area contributed by atoms with Gasteiger partial charge in [-0.2, -0.15) is 4.80 Å². The lowest BCUT2D eigenvalue weighted by Gasteiger charge is -2.11. The van der Waals surface area contributed by atoms with Gasteiger partial charge in [-0.3, -0.25) is 4.79 Å². The van der Waals surface area contributed by atoms with Gasteiger partial charge in [-0.1, -0.05) is 35.9 Å². The van der Waals surface area contributed by atoms with Gasteiger partial charge >= 0.3 is 0 Å². The molecule has 7 heteroatoms. The van der Waals surface area contributed by atoms with Crippen molar-refractivity contribution in [2.45, 2.75) is 26.4 Å². The molecular weight excluding hydrogens is 310 g/mol. The molecule has 1 unspecified atom stereocenters. The summed E-state index contributed by atoms with van der Waals surface area (Å²) in [5.41, 5.74) is 2.05. The van der Waals surface area contributed by atoms with Crippen molar-refractivity contribution in [3.05, 3.63) is 52.2 Å². The molecule has 2 heterocycles. The van der Waals surface area contributed by atoms with Crippen LogP contribution in [0.5, 0.6) is 0 Å². The number of carbonyl (C=O) groups excluding carboxylic acids is 1. The molecule has 1 atom stereocenters. The van der Waals surface area contributed by atoms with E-state index in [2.05, 4.69) is 20.7 Å². The smallest absolute Gasteiger partial charge is 0.244 e. The van der Waals surface area contributed by atoms with Crippen LogP contribution in [0.3, 0.4) is 0 Å². The fourth-order valence-electron chi connectivity index (χ4n) is 2.15. The number of hydrogen-bond acceptors (Lipinski definition) is 5. The number of benzene rings is 1. The maximum Gasteiger partial charge on any atom is 0.244 e. The second-order valence-electron chi connectivity index (χ2n) is 5.31. The van der Waals surface area contributed by atoms with E-state index in [0.29, 0.717) is 5.82 Å². The van der Waals surface area contributed by atoms with Crippen molar-refractivity contribution in [1.82, 2.24) is 25.5 Å². The monoisotopic (exact) mass is 327 g/mol. The molecule has 118 valence electrons. The molecule has 3 rings (SSSR count). The number of carbonyl (C=O) groups is 1. The van der Waals surface area contributed by atoms with Crippen molar-refractivity contribution < 1.29 is 4.79 Å². The highest BCUT2D eigenvalue weighted by Crippen LogP contribution is 2.18. The number of rotatable bonds is 5. The first-order valence-electron chi connectivity index (χ1n) is 7.29. The summed E-state index contributed by atoms with van der Waals surface area (Å²) in [7, 11) is 0. The highest BCUT2D eigenvalue weighted by Gasteiger charge is 2.13. The predicted molar refractivity (Wildman–Crippen MR) is 88.9 cm³/mol. The second-order valence-corrected chi connectivity index (χ2v) is 6.29. The van der Waals surface area contributed by atoms with E-state index < -0.39 is 0 Å². The summed E-state index contributed by atoms with van der Waals surface area (Å²) in [5, 5.41) is 17.1. The number of hydrogen-bond donors (Lipinski definition) is 1. The minimum Gasteiger partial charge on any atom is -0.347 e. The van der Waals surface area contributed by atoms with Crippen molar-refractivity contribution in [1.29, 1.82) is 0 Å². The Morgan fingerprint density at radius 3 is 2.78 bits per heavy atom. The highest BCUT2D eigenvalue weighted by atomic mass is 32.1. The molecule has 23 heavy (non-hydrogen) atoms. The van der Waals surface area contributed by atoms with E-state index in [1.165, 1.54) is 10.4 Å². The zero-order chi connectivity index (χ0) is 16.2. The molecule has 0 aliphatic heterocycles. The van der Waals surface area contributed by atoms with Crippen LogP contribution >= 0.6 is 11.3 Å². The van der Waals surface area contributed by atoms with Gasteiger partial charge in [0.25, 0.3) is 0 Å². The lowest BCUT2D eigenvalue weighted by atomic mass is 10.1. The summed E-state index contributed by atoms with van der Waals surface area (Å²) in [4.78, 5) is 14.5. The lowest BCUT2D eigenvalue weighted by Crippen LogP contribution is -2.30. The van der Waals surface area contributed by atoms with Gasteiger partial charge in [0.05, 0.1) is 6.04 Å². The van der Waals surface area contributed by atoms with E-state index >= 15 is 0 Å². The van der Waals surface area contributed by atoms with Crippen molar-refractivity contribution in [2.75, 3.05) is 0 Å². The van der Waals surface area contributed by atoms with E-state index in [1.807, 2.05) is 55.6 Å². The first-order chi connectivity index (χ1) is 11.1. The van der Waals surface area contributed by atoms with E-state index in [-0.39, 0.29) is 18.5 Å². The normalized spacial score (nSPS) is 12.1. The molecule has 0 saturated carbocycles. The van der Waals surface area contributed by atoms with Gasteiger partial charge < -0.3 is 5.32 Å².